The van der Waals surface area contributed by atoms with Crippen LogP contribution in [-0.4, -0.2) is 21.0 Å². The maximum Gasteiger partial charge on any atom is 0.239 e. The molecule has 0 aliphatic rings. The number of nitrogens with zero attached hydrogens (tertiary/aromatic N) is 2. The second-order valence-corrected chi connectivity index (χ2v) is 5.39. The van der Waals surface area contributed by atoms with Gasteiger partial charge in [0, 0.05) is 6.61 Å². The molecule has 0 bridgehead atoms. The molecule has 0 fully saturated rings. The third kappa shape index (κ3) is 3.30. The van der Waals surface area contributed by atoms with Crippen LogP contribution in [0.5, 0.6) is 0 Å². The molecule has 0 saturated carbocycles. The van der Waals surface area contributed by atoms with Crippen molar-refractivity contribution < 1.29 is 17.9 Å². The highest BCUT2D eigenvalue weighted by Gasteiger charge is 2.17. The molecule has 104 valence electrons. The first kappa shape index (κ1) is 14.0. The molecule has 2 heterocycles. The van der Waals surface area contributed by atoms with Crippen molar-refractivity contribution in [1.82, 2.24) is 10.1 Å². The van der Waals surface area contributed by atoms with Crippen LogP contribution in [0.15, 0.2) is 26.2 Å². The lowest BCUT2D eigenvalue weighted by atomic mass is 10.4. The van der Waals surface area contributed by atoms with E-state index in [2.05, 4.69) is 10.1 Å². The SMILES string of the molecule is CCOC(C)c1noc(CS(=O)c2ccoc2C)n1. The molecule has 0 aliphatic heterocycles. The highest BCUT2D eigenvalue weighted by molar-refractivity contribution is 7.84. The van der Waals surface area contributed by atoms with Crippen molar-refractivity contribution in [2.75, 3.05) is 6.61 Å². The Hall–Kier alpha value is -1.47. The number of aryl methyl sites for hydroxylation is 1. The maximum atomic E-state index is 12.1. The minimum absolute atomic E-state index is 0.173. The van der Waals surface area contributed by atoms with Crippen molar-refractivity contribution in [1.29, 1.82) is 0 Å². The van der Waals surface area contributed by atoms with Crippen molar-refractivity contribution in [3.63, 3.8) is 0 Å². The molecule has 2 aromatic heterocycles. The first-order valence-corrected chi connectivity index (χ1v) is 7.30. The number of ether oxygens (including phenoxy) is 1. The molecule has 0 N–H and O–H groups in total. The van der Waals surface area contributed by atoms with Crippen LogP contribution in [0.2, 0.25) is 0 Å². The summed E-state index contributed by atoms with van der Waals surface area (Å²) in [5.74, 6) is 1.62. The molecule has 0 amide bonds. The fraction of sp³-hybridized carbons (Fsp3) is 0.500. The Morgan fingerprint density at radius 3 is 2.95 bits per heavy atom. The number of hydrogen-bond donors (Lipinski definition) is 0. The van der Waals surface area contributed by atoms with Gasteiger partial charge in [-0.2, -0.15) is 4.98 Å². The molecule has 7 heteroatoms. The summed E-state index contributed by atoms with van der Waals surface area (Å²) in [5, 5.41) is 3.82. The first-order valence-electron chi connectivity index (χ1n) is 5.98. The smallest absolute Gasteiger partial charge is 0.239 e. The van der Waals surface area contributed by atoms with Crippen LogP contribution in [0.3, 0.4) is 0 Å². The van der Waals surface area contributed by atoms with Crippen molar-refractivity contribution in [2.45, 2.75) is 37.5 Å². The average Bonchev–Trinajstić information content (AvgIpc) is 2.98. The van der Waals surface area contributed by atoms with E-state index < -0.39 is 10.8 Å². The Balaban J connectivity index is 2.04. The fourth-order valence-electron chi connectivity index (χ4n) is 1.62. The van der Waals surface area contributed by atoms with Gasteiger partial charge in [-0.3, -0.25) is 4.21 Å². The molecular formula is C12H16N2O4S. The molecule has 0 radical (unpaired) electrons. The van der Waals surface area contributed by atoms with Crippen LogP contribution in [0, 0.1) is 6.92 Å². The van der Waals surface area contributed by atoms with Crippen molar-refractivity contribution >= 4 is 10.8 Å². The molecular weight excluding hydrogens is 268 g/mol. The van der Waals surface area contributed by atoms with Gasteiger partial charge in [0.1, 0.15) is 17.6 Å². The van der Waals surface area contributed by atoms with Crippen LogP contribution in [0.1, 0.15) is 37.4 Å². The van der Waals surface area contributed by atoms with Gasteiger partial charge < -0.3 is 13.7 Å². The predicted molar refractivity (Wildman–Crippen MR) is 67.9 cm³/mol. The standard InChI is InChI=1S/C12H16N2O4S/c1-4-16-9(3)12-13-11(18-14-12)7-19(15)10-5-6-17-8(10)2/h5-6,9H,4,7H2,1-3H3. The van der Waals surface area contributed by atoms with E-state index in [1.807, 2.05) is 13.8 Å². The minimum Gasteiger partial charge on any atom is -0.468 e. The summed E-state index contributed by atoms with van der Waals surface area (Å²) in [6.07, 6.45) is 1.28. The van der Waals surface area contributed by atoms with Crippen molar-refractivity contribution in [3.8, 4) is 0 Å². The quantitative estimate of drug-likeness (QED) is 0.810. The largest absolute Gasteiger partial charge is 0.468 e. The monoisotopic (exact) mass is 284 g/mol. The summed E-state index contributed by atoms with van der Waals surface area (Å²) in [4.78, 5) is 4.83. The molecule has 0 spiro atoms. The fourth-order valence-corrected chi connectivity index (χ4v) is 2.69. The normalized spacial score (nSPS) is 14.5. The Morgan fingerprint density at radius 2 is 2.32 bits per heavy atom. The van der Waals surface area contributed by atoms with Crippen LogP contribution in [0.4, 0.5) is 0 Å². The van der Waals surface area contributed by atoms with E-state index in [4.69, 9.17) is 13.7 Å². The van der Waals surface area contributed by atoms with Crippen molar-refractivity contribution in [3.05, 3.63) is 29.8 Å². The molecule has 2 rings (SSSR count). The highest BCUT2D eigenvalue weighted by Crippen LogP contribution is 2.18. The Kier molecular flexibility index (Phi) is 4.49. The molecule has 0 aliphatic carbocycles. The van der Waals surface area contributed by atoms with Gasteiger partial charge in [-0.05, 0) is 26.8 Å². The Bertz CT molecular complexity index is 564. The zero-order valence-electron chi connectivity index (χ0n) is 11.1. The van der Waals surface area contributed by atoms with Crippen LogP contribution < -0.4 is 0 Å². The van der Waals surface area contributed by atoms with E-state index in [1.54, 1.807) is 13.0 Å². The topological polar surface area (TPSA) is 78.4 Å². The van der Waals surface area contributed by atoms with Crippen molar-refractivity contribution in [2.24, 2.45) is 0 Å². The van der Waals surface area contributed by atoms with Crippen LogP contribution in [0.25, 0.3) is 0 Å². The summed E-state index contributed by atoms with van der Waals surface area (Å²) < 4.78 is 27.6. The van der Waals surface area contributed by atoms with Gasteiger partial charge in [-0.1, -0.05) is 5.16 Å². The number of aromatic nitrogens is 2. The maximum absolute atomic E-state index is 12.1. The molecule has 0 saturated heterocycles. The summed E-state index contributed by atoms with van der Waals surface area (Å²) in [5.41, 5.74) is 0. The van der Waals surface area contributed by atoms with Crippen LogP contribution in [-0.2, 0) is 21.3 Å². The number of hydrogen-bond acceptors (Lipinski definition) is 6. The van der Waals surface area contributed by atoms with E-state index in [0.29, 0.717) is 29.0 Å². The molecule has 6 nitrogen and oxygen atoms in total. The molecule has 2 aromatic rings. The van der Waals surface area contributed by atoms with Gasteiger partial charge in [0.15, 0.2) is 5.82 Å². The summed E-state index contributed by atoms with van der Waals surface area (Å²) in [7, 11) is -1.25. The lowest BCUT2D eigenvalue weighted by molar-refractivity contribution is 0.0683. The van der Waals surface area contributed by atoms with E-state index in [0.717, 1.165) is 0 Å². The molecule has 0 aromatic carbocycles. The zero-order chi connectivity index (χ0) is 13.8. The van der Waals surface area contributed by atoms with Gasteiger partial charge in [-0.25, -0.2) is 0 Å². The summed E-state index contributed by atoms with van der Waals surface area (Å²) in [6, 6.07) is 1.69. The number of rotatable bonds is 6. The highest BCUT2D eigenvalue weighted by atomic mass is 32.2. The van der Waals surface area contributed by atoms with Gasteiger partial charge in [0.2, 0.25) is 5.89 Å². The number of furan rings is 1. The first-order chi connectivity index (χ1) is 9.11. The lowest BCUT2D eigenvalue weighted by Gasteiger charge is -2.04. The summed E-state index contributed by atoms with van der Waals surface area (Å²) >= 11 is 0. The van der Waals surface area contributed by atoms with E-state index in [-0.39, 0.29) is 11.9 Å². The van der Waals surface area contributed by atoms with Gasteiger partial charge >= 0.3 is 0 Å². The second-order valence-electron chi connectivity index (χ2n) is 3.97. The van der Waals surface area contributed by atoms with Crippen LogP contribution >= 0.6 is 0 Å². The van der Waals surface area contributed by atoms with E-state index in [9.17, 15) is 4.21 Å². The Morgan fingerprint density at radius 1 is 1.53 bits per heavy atom. The predicted octanol–water partition coefficient (Wildman–Crippen LogP) is 2.38. The third-order valence-electron chi connectivity index (χ3n) is 2.58. The van der Waals surface area contributed by atoms with E-state index in [1.165, 1.54) is 6.26 Å². The van der Waals surface area contributed by atoms with Gasteiger partial charge in [0.25, 0.3) is 0 Å². The third-order valence-corrected chi connectivity index (χ3v) is 4.00. The minimum atomic E-state index is -1.25. The van der Waals surface area contributed by atoms with E-state index >= 15 is 0 Å². The average molecular weight is 284 g/mol. The molecule has 19 heavy (non-hydrogen) atoms. The van der Waals surface area contributed by atoms with Gasteiger partial charge in [0.05, 0.1) is 22.0 Å². The molecule has 2 atom stereocenters. The zero-order valence-corrected chi connectivity index (χ0v) is 11.9. The summed E-state index contributed by atoms with van der Waals surface area (Å²) in [6.45, 7) is 6.08. The lowest BCUT2D eigenvalue weighted by Crippen LogP contribution is -2.02. The second kappa shape index (κ2) is 6.12. The molecule has 2 unspecified atom stereocenters. The Labute approximate surface area is 113 Å². The van der Waals surface area contributed by atoms with Gasteiger partial charge in [-0.15, -0.1) is 0 Å².